The Labute approximate surface area is 183 Å². The van der Waals surface area contributed by atoms with Crippen molar-refractivity contribution in [3.63, 3.8) is 0 Å². The minimum atomic E-state index is -0.203. The number of methoxy groups -OCH3 is 1. The van der Waals surface area contributed by atoms with Gasteiger partial charge in [-0.15, -0.1) is 0 Å². The molecule has 1 amide bonds. The van der Waals surface area contributed by atoms with Crippen LogP contribution < -0.4 is 4.74 Å². The van der Waals surface area contributed by atoms with Crippen molar-refractivity contribution in [1.29, 1.82) is 0 Å². The predicted octanol–water partition coefficient (Wildman–Crippen LogP) is 5.31. The van der Waals surface area contributed by atoms with Crippen molar-refractivity contribution < 1.29 is 14.4 Å². The van der Waals surface area contributed by atoms with Crippen molar-refractivity contribution in [2.45, 2.75) is 46.3 Å². The molecule has 1 aliphatic heterocycles. The third kappa shape index (κ3) is 5.99. The van der Waals surface area contributed by atoms with Gasteiger partial charge in [-0.25, -0.2) is 0 Å². The number of amides is 1. The number of rotatable bonds is 7. The van der Waals surface area contributed by atoms with Crippen molar-refractivity contribution >= 4 is 23.2 Å². The molecule has 0 fully saturated rings. The molecule has 0 radical (unpaired) electrons. The first kappa shape index (κ1) is 22.2. The Balaban J connectivity index is 1.72. The Kier molecular flexibility index (Phi) is 7.03. The van der Waals surface area contributed by atoms with E-state index in [0.717, 1.165) is 22.6 Å². The summed E-state index contributed by atoms with van der Waals surface area (Å²) in [6.45, 7) is 7.16. The van der Waals surface area contributed by atoms with E-state index in [1.165, 1.54) is 0 Å². The van der Waals surface area contributed by atoms with Gasteiger partial charge in [-0.2, -0.15) is 0 Å². The molecule has 0 aliphatic carbocycles. The number of hydrogen-bond acceptors (Lipinski definition) is 4. The van der Waals surface area contributed by atoms with Crippen LogP contribution in [0.3, 0.4) is 0 Å². The summed E-state index contributed by atoms with van der Waals surface area (Å²) in [4.78, 5) is 20.6. The van der Waals surface area contributed by atoms with Crippen LogP contribution in [0.1, 0.15) is 44.7 Å². The summed E-state index contributed by atoms with van der Waals surface area (Å²) in [6, 6.07) is 15.4. The molecule has 1 aliphatic rings. The van der Waals surface area contributed by atoms with E-state index >= 15 is 0 Å². The molecule has 0 saturated heterocycles. The summed E-state index contributed by atoms with van der Waals surface area (Å²) in [5.74, 6) is 0.872. The number of oxime groups is 1. The Hall–Kier alpha value is -2.53. The number of ether oxygens (including phenoxy) is 1. The van der Waals surface area contributed by atoms with E-state index in [9.17, 15) is 4.79 Å². The second-order valence-electron chi connectivity index (χ2n) is 8.81. The van der Waals surface area contributed by atoms with Crippen LogP contribution in [0.4, 0.5) is 0 Å². The van der Waals surface area contributed by atoms with Gasteiger partial charge in [0.2, 0.25) is 5.91 Å². The average Bonchev–Trinajstić information content (AvgIpc) is 3.15. The maximum atomic E-state index is 13.1. The van der Waals surface area contributed by atoms with Crippen LogP contribution in [0.2, 0.25) is 5.02 Å². The Bertz CT molecular complexity index is 921. The zero-order valence-electron chi connectivity index (χ0n) is 18.0. The van der Waals surface area contributed by atoms with Crippen LogP contribution in [0, 0.1) is 5.41 Å². The van der Waals surface area contributed by atoms with Gasteiger partial charge in [0.05, 0.1) is 19.4 Å². The Morgan fingerprint density at radius 2 is 2.00 bits per heavy atom. The molecule has 1 atom stereocenters. The second kappa shape index (κ2) is 9.52. The van der Waals surface area contributed by atoms with Gasteiger partial charge in [-0.05, 0) is 29.2 Å². The first-order valence-electron chi connectivity index (χ1n) is 10.1. The molecule has 0 unspecified atom stereocenters. The minimum Gasteiger partial charge on any atom is -0.497 e. The van der Waals surface area contributed by atoms with Gasteiger partial charge in [-0.3, -0.25) is 4.79 Å². The molecular weight excluding hydrogens is 400 g/mol. The number of nitrogens with zero attached hydrogens (tertiary/aromatic N) is 2. The van der Waals surface area contributed by atoms with Crippen molar-refractivity contribution in [2.24, 2.45) is 10.6 Å². The van der Waals surface area contributed by atoms with Crippen LogP contribution in [-0.2, 0) is 16.2 Å². The van der Waals surface area contributed by atoms with Crippen LogP contribution in [0.25, 0.3) is 0 Å². The summed E-state index contributed by atoms with van der Waals surface area (Å²) in [5.41, 5.74) is 2.61. The van der Waals surface area contributed by atoms with Crippen LogP contribution in [0.15, 0.2) is 53.7 Å². The lowest BCUT2D eigenvalue weighted by molar-refractivity contribution is -0.135. The molecule has 0 bridgehead atoms. The zero-order valence-corrected chi connectivity index (χ0v) is 18.8. The van der Waals surface area contributed by atoms with Crippen molar-refractivity contribution in [2.75, 3.05) is 13.7 Å². The third-order valence-corrected chi connectivity index (χ3v) is 5.21. The summed E-state index contributed by atoms with van der Waals surface area (Å²) in [5, 5.41) is 4.89. The molecule has 5 nitrogen and oxygen atoms in total. The highest BCUT2D eigenvalue weighted by Gasteiger charge is 2.29. The highest BCUT2D eigenvalue weighted by Crippen LogP contribution is 2.26. The van der Waals surface area contributed by atoms with Gasteiger partial charge in [0.25, 0.3) is 0 Å². The first-order valence-corrected chi connectivity index (χ1v) is 10.5. The molecular formula is C24H29ClN2O3. The second-order valence-corrected chi connectivity index (χ2v) is 9.22. The fourth-order valence-corrected chi connectivity index (χ4v) is 3.68. The molecule has 3 rings (SSSR count). The summed E-state index contributed by atoms with van der Waals surface area (Å²) in [6.07, 6.45) is 0.870. The molecule has 0 aromatic heterocycles. The van der Waals surface area contributed by atoms with Gasteiger partial charge >= 0.3 is 0 Å². The molecule has 30 heavy (non-hydrogen) atoms. The van der Waals surface area contributed by atoms with E-state index < -0.39 is 0 Å². The SMILES string of the molecule is COc1cccc(CN(C[C@H]2CC(c3ccccc3Cl)=NO2)C(=O)CC(C)(C)C)c1. The fraction of sp³-hybridized carbons (Fsp3) is 0.417. The lowest BCUT2D eigenvalue weighted by Crippen LogP contribution is -2.38. The maximum Gasteiger partial charge on any atom is 0.223 e. The number of halogens is 1. The summed E-state index contributed by atoms with van der Waals surface area (Å²) >= 11 is 6.30. The van der Waals surface area contributed by atoms with Gasteiger partial charge in [0.15, 0.2) is 6.10 Å². The van der Waals surface area contributed by atoms with Crippen molar-refractivity contribution in [1.82, 2.24) is 4.90 Å². The number of benzene rings is 2. The molecule has 1 heterocycles. The van der Waals surface area contributed by atoms with Crippen LogP contribution >= 0.6 is 11.6 Å². The minimum absolute atomic E-state index is 0.0973. The third-order valence-electron chi connectivity index (χ3n) is 4.88. The normalized spacial score (nSPS) is 16.0. The fourth-order valence-electron chi connectivity index (χ4n) is 3.44. The van der Waals surface area contributed by atoms with Gasteiger partial charge < -0.3 is 14.5 Å². The first-order chi connectivity index (χ1) is 14.2. The smallest absolute Gasteiger partial charge is 0.223 e. The topological polar surface area (TPSA) is 51.1 Å². The van der Waals surface area contributed by atoms with E-state index in [1.807, 2.05) is 53.4 Å². The highest BCUT2D eigenvalue weighted by molar-refractivity contribution is 6.34. The number of carbonyl (C=O) groups excluding carboxylic acids is 1. The maximum absolute atomic E-state index is 13.1. The van der Waals surface area contributed by atoms with Crippen LogP contribution in [-0.4, -0.2) is 36.3 Å². The number of carbonyl (C=O) groups is 1. The van der Waals surface area contributed by atoms with Crippen LogP contribution in [0.5, 0.6) is 5.75 Å². The molecule has 0 spiro atoms. The Morgan fingerprint density at radius 3 is 2.70 bits per heavy atom. The van der Waals surface area contributed by atoms with Gasteiger partial charge in [0, 0.05) is 30.0 Å². The molecule has 6 heteroatoms. The molecule has 2 aromatic carbocycles. The van der Waals surface area contributed by atoms with E-state index in [-0.39, 0.29) is 17.4 Å². The monoisotopic (exact) mass is 428 g/mol. The lowest BCUT2D eigenvalue weighted by atomic mass is 9.91. The van der Waals surface area contributed by atoms with Crippen molar-refractivity contribution in [3.05, 3.63) is 64.7 Å². The molecule has 160 valence electrons. The van der Waals surface area contributed by atoms with Crippen molar-refractivity contribution in [3.8, 4) is 5.75 Å². The summed E-state index contributed by atoms with van der Waals surface area (Å²) < 4.78 is 5.33. The summed E-state index contributed by atoms with van der Waals surface area (Å²) in [7, 11) is 1.64. The molecule has 0 N–H and O–H groups in total. The predicted molar refractivity (Wildman–Crippen MR) is 120 cm³/mol. The lowest BCUT2D eigenvalue weighted by Gasteiger charge is -2.28. The van der Waals surface area contributed by atoms with E-state index in [0.29, 0.717) is 31.0 Å². The highest BCUT2D eigenvalue weighted by atomic mass is 35.5. The largest absolute Gasteiger partial charge is 0.497 e. The van der Waals surface area contributed by atoms with E-state index in [2.05, 4.69) is 25.9 Å². The number of hydrogen-bond donors (Lipinski definition) is 0. The average molecular weight is 429 g/mol. The zero-order chi connectivity index (χ0) is 21.7. The van der Waals surface area contributed by atoms with Gasteiger partial charge in [-0.1, -0.05) is 67.9 Å². The standard InChI is InChI=1S/C24H29ClN2O3/c1-24(2,3)14-23(28)27(15-17-8-7-9-18(12-17)29-4)16-19-13-22(26-30-19)20-10-5-6-11-21(20)25/h5-12,19H,13-16H2,1-4H3/t19-/m1/s1. The van der Waals surface area contributed by atoms with E-state index in [1.54, 1.807) is 7.11 Å². The quantitative estimate of drug-likeness (QED) is 0.600. The van der Waals surface area contributed by atoms with Gasteiger partial charge in [0.1, 0.15) is 5.75 Å². The molecule has 2 aromatic rings. The van der Waals surface area contributed by atoms with E-state index in [4.69, 9.17) is 21.2 Å². The Morgan fingerprint density at radius 1 is 1.23 bits per heavy atom. The molecule has 0 saturated carbocycles.